The molecule has 0 saturated carbocycles. The Labute approximate surface area is 246 Å². The number of ether oxygens (including phenoxy) is 4. The van der Waals surface area contributed by atoms with Gasteiger partial charge in [-0.2, -0.15) is 0 Å². The lowest BCUT2D eigenvalue weighted by atomic mass is 9.99. The largest absolute Gasteiger partial charge is 0.497 e. The second-order valence-corrected chi connectivity index (χ2v) is 11.2. The van der Waals surface area contributed by atoms with Crippen molar-refractivity contribution in [3.05, 3.63) is 66.2 Å². The molecular formula is C33H38N2O7. The van der Waals surface area contributed by atoms with Gasteiger partial charge >= 0.3 is 11.9 Å². The number of pyridine rings is 1. The zero-order chi connectivity index (χ0) is 30.4. The number of rotatable bonds is 10. The van der Waals surface area contributed by atoms with E-state index in [1.807, 2.05) is 61.5 Å². The summed E-state index contributed by atoms with van der Waals surface area (Å²) < 4.78 is 22.4. The van der Waals surface area contributed by atoms with Crippen LogP contribution in [0, 0.1) is 5.92 Å². The van der Waals surface area contributed by atoms with Gasteiger partial charge in [0.05, 0.1) is 31.3 Å². The SMILES string of the molecule is CCC[C@H](NC(=O)C1CC(Oc2cc(-c3ccccc3)nc3cc(OC)ccc23)C=C1C(=O)OC)C(=O)OC(C)(C)C. The highest BCUT2D eigenvalue weighted by atomic mass is 16.6. The predicted molar refractivity (Wildman–Crippen MR) is 159 cm³/mol. The summed E-state index contributed by atoms with van der Waals surface area (Å²) in [6.45, 7) is 7.24. The molecule has 222 valence electrons. The predicted octanol–water partition coefficient (Wildman–Crippen LogP) is 5.40. The summed E-state index contributed by atoms with van der Waals surface area (Å²) in [4.78, 5) is 43.9. The summed E-state index contributed by atoms with van der Waals surface area (Å²) in [5.74, 6) is -1.27. The van der Waals surface area contributed by atoms with Gasteiger partial charge in [0.2, 0.25) is 5.91 Å². The van der Waals surface area contributed by atoms with E-state index in [0.717, 1.165) is 10.9 Å². The van der Waals surface area contributed by atoms with Crippen molar-refractivity contribution < 1.29 is 33.3 Å². The molecule has 0 aliphatic heterocycles. The molecular weight excluding hydrogens is 536 g/mol. The van der Waals surface area contributed by atoms with Crippen LogP contribution < -0.4 is 14.8 Å². The minimum atomic E-state index is -0.869. The van der Waals surface area contributed by atoms with E-state index >= 15 is 0 Å². The van der Waals surface area contributed by atoms with Crippen molar-refractivity contribution in [3.63, 3.8) is 0 Å². The molecule has 0 radical (unpaired) electrons. The van der Waals surface area contributed by atoms with Crippen molar-refractivity contribution in [1.82, 2.24) is 10.3 Å². The number of methoxy groups -OCH3 is 2. The van der Waals surface area contributed by atoms with Crippen LogP contribution >= 0.6 is 0 Å². The van der Waals surface area contributed by atoms with E-state index in [1.54, 1.807) is 34.0 Å². The van der Waals surface area contributed by atoms with Gasteiger partial charge in [-0.25, -0.2) is 14.6 Å². The number of carbonyl (C=O) groups excluding carboxylic acids is 3. The van der Waals surface area contributed by atoms with E-state index in [4.69, 9.17) is 23.9 Å². The van der Waals surface area contributed by atoms with E-state index in [9.17, 15) is 14.4 Å². The third kappa shape index (κ3) is 7.26. The number of esters is 2. The highest BCUT2D eigenvalue weighted by molar-refractivity contribution is 5.99. The average Bonchev–Trinajstić information content (AvgIpc) is 3.39. The van der Waals surface area contributed by atoms with E-state index in [0.29, 0.717) is 35.6 Å². The van der Waals surface area contributed by atoms with Gasteiger partial charge in [0.25, 0.3) is 0 Å². The minimum Gasteiger partial charge on any atom is -0.497 e. The van der Waals surface area contributed by atoms with Gasteiger partial charge in [0.15, 0.2) is 0 Å². The van der Waals surface area contributed by atoms with Crippen molar-refractivity contribution in [2.45, 2.75) is 64.7 Å². The highest BCUT2D eigenvalue weighted by Gasteiger charge is 2.39. The molecule has 1 heterocycles. The lowest BCUT2D eigenvalue weighted by Gasteiger charge is -2.25. The Morgan fingerprint density at radius 1 is 1.05 bits per heavy atom. The normalized spacial score (nSPS) is 17.2. The first-order valence-electron chi connectivity index (χ1n) is 14.1. The minimum absolute atomic E-state index is 0.183. The molecule has 0 saturated heterocycles. The van der Waals surface area contributed by atoms with Gasteiger partial charge in [-0.1, -0.05) is 43.7 Å². The van der Waals surface area contributed by atoms with Gasteiger partial charge in [0, 0.05) is 35.1 Å². The molecule has 1 aliphatic carbocycles. The second kappa shape index (κ2) is 13.1. The Morgan fingerprint density at radius 2 is 1.79 bits per heavy atom. The fraction of sp³-hybridized carbons (Fsp3) is 0.394. The van der Waals surface area contributed by atoms with Crippen molar-refractivity contribution in [1.29, 1.82) is 0 Å². The molecule has 4 rings (SSSR count). The van der Waals surface area contributed by atoms with E-state index in [1.165, 1.54) is 7.11 Å². The smallest absolute Gasteiger partial charge is 0.334 e. The third-order valence-electron chi connectivity index (χ3n) is 6.86. The van der Waals surface area contributed by atoms with Crippen molar-refractivity contribution in [2.75, 3.05) is 14.2 Å². The first-order chi connectivity index (χ1) is 20.0. The number of nitrogens with zero attached hydrogens (tertiary/aromatic N) is 1. The summed E-state index contributed by atoms with van der Waals surface area (Å²) in [5.41, 5.74) is 1.77. The number of benzene rings is 2. The summed E-state index contributed by atoms with van der Waals surface area (Å²) in [6, 6.07) is 16.2. The maximum atomic E-state index is 13.5. The monoisotopic (exact) mass is 574 g/mol. The summed E-state index contributed by atoms with van der Waals surface area (Å²) in [6.07, 6.45) is 2.25. The molecule has 9 heteroatoms. The Bertz CT molecular complexity index is 1480. The van der Waals surface area contributed by atoms with Crippen LogP contribution in [0.5, 0.6) is 11.5 Å². The number of carbonyl (C=O) groups is 3. The van der Waals surface area contributed by atoms with Gasteiger partial charge in [-0.3, -0.25) is 4.79 Å². The standard InChI is InChI=1S/C33H38N2O7/c1-7-11-26(32(38)42-33(2,3)4)35-30(36)24-16-22(17-25(24)31(37)40-6)41-29-19-27(20-12-9-8-10-13-20)34-28-18-21(39-5)14-15-23(28)29/h8-10,12-15,17-19,22,24,26H,7,11,16H2,1-6H3,(H,35,36)/t22?,24?,26-/m0/s1. The number of hydrogen-bond donors (Lipinski definition) is 1. The zero-order valence-corrected chi connectivity index (χ0v) is 24.9. The lowest BCUT2D eigenvalue weighted by Crippen LogP contribution is -2.46. The van der Waals surface area contributed by atoms with Crippen molar-refractivity contribution in [3.8, 4) is 22.8 Å². The first kappa shape index (κ1) is 30.6. The van der Waals surface area contributed by atoms with E-state index < -0.39 is 41.5 Å². The molecule has 42 heavy (non-hydrogen) atoms. The third-order valence-corrected chi connectivity index (χ3v) is 6.86. The molecule has 9 nitrogen and oxygen atoms in total. The summed E-state index contributed by atoms with van der Waals surface area (Å²) in [7, 11) is 2.86. The molecule has 1 aromatic heterocycles. The van der Waals surface area contributed by atoms with Crippen LogP contribution in [0.2, 0.25) is 0 Å². The molecule has 3 aromatic rings. The Hall–Kier alpha value is -4.40. The van der Waals surface area contributed by atoms with Crippen LogP contribution in [0.3, 0.4) is 0 Å². The molecule has 2 unspecified atom stereocenters. The quantitative estimate of drug-likeness (QED) is 0.320. The Morgan fingerprint density at radius 3 is 2.43 bits per heavy atom. The van der Waals surface area contributed by atoms with E-state index in [-0.39, 0.29) is 12.0 Å². The molecule has 1 N–H and O–H groups in total. The molecule has 1 amide bonds. The van der Waals surface area contributed by atoms with E-state index in [2.05, 4.69) is 5.32 Å². The number of fused-ring (bicyclic) bond motifs is 1. The van der Waals surface area contributed by atoms with Crippen LogP contribution in [0.1, 0.15) is 47.0 Å². The maximum Gasteiger partial charge on any atom is 0.334 e. The van der Waals surface area contributed by atoms with Crippen molar-refractivity contribution >= 4 is 28.7 Å². The number of nitrogens with one attached hydrogen (secondary N) is 1. The van der Waals surface area contributed by atoms with Crippen LogP contribution in [-0.4, -0.2) is 54.8 Å². The molecule has 0 spiro atoms. The molecule has 1 aliphatic rings. The Kier molecular flexibility index (Phi) is 9.50. The van der Waals surface area contributed by atoms with Crippen LogP contribution in [-0.2, 0) is 23.9 Å². The average molecular weight is 575 g/mol. The van der Waals surface area contributed by atoms with Gasteiger partial charge in [-0.15, -0.1) is 0 Å². The van der Waals surface area contributed by atoms with Crippen LogP contribution in [0.25, 0.3) is 22.2 Å². The fourth-order valence-electron chi connectivity index (χ4n) is 4.91. The summed E-state index contributed by atoms with van der Waals surface area (Å²) in [5, 5.41) is 3.56. The zero-order valence-electron chi connectivity index (χ0n) is 24.9. The fourth-order valence-corrected chi connectivity index (χ4v) is 4.91. The van der Waals surface area contributed by atoms with Crippen molar-refractivity contribution in [2.24, 2.45) is 5.92 Å². The summed E-state index contributed by atoms with van der Waals surface area (Å²) >= 11 is 0. The number of hydrogen-bond acceptors (Lipinski definition) is 8. The van der Waals surface area contributed by atoms with Gasteiger partial charge in [-0.05, 0) is 45.4 Å². The molecule has 0 bridgehead atoms. The Balaban J connectivity index is 1.63. The molecule has 3 atom stereocenters. The number of amides is 1. The molecule has 0 fully saturated rings. The van der Waals surface area contributed by atoms with Crippen LogP contribution in [0.15, 0.2) is 66.2 Å². The number of aromatic nitrogens is 1. The second-order valence-electron chi connectivity index (χ2n) is 11.2. The topological polar surface area (TPSA) is 113 Å². The molecule has 2 aromatic carbocycles. The lowest BCUT2D eigenvalue weighted by molar-refractivity contribution is -0.159. The van der Waals surface area contributed by atoms with Crippen LogP contribution in [0.4, 0.5) is 0 Å². The van der Waals surface area contributed by atoms with Gasteiger partial charge < -0.3 is 24.3 Å². The first-order valence-corrected chi connectivity index (χ1v) is 14.1. The van der Waals surface area contributed by atoms with Gasteiger partial charge in [0.1, 0.15) is 29.2 Å². The maximum absolute atomic E-state index is 13.5. The highest BCUT2D eigenvalue weighted by Crippen LogP contribution is 2.36.